The van der Waals surface area contributed by atoms with Crippen molar-refractivity contribution < 1.29 is 4.79 Å². The number of aryl methyl sites for hydroxylation is 2. The van der Waals surface area contributed by atoms with E-state index in [0.717, 1.165) is 49.7 Å². The molecule has 5 heteroatoms. The zero-order chi connectivity index (χ0) is 13.8. The smallest absolute Gasteiger partial charge is 0.255 e. The van der Waals surface area contributed by atoms with Crippen LogP contribution in [0.2, 0.25) is 0 Å². The molecule has 5 nitrogen and oxygen atoms in total. The van der Waals surface area contributed by atoms with E-state index in [9.17, 15) is 4.79 Å². The van der Waals surface area contributed by atoms with Gasteiger partial charge in [-0.15, -0.1) is 0 Å². The Morgan fingerprint density at radius 2 is 1.95 bits per heavy atom. The molecule has 0 saturated carbocycles. The van der Waals surface area contributed by atoms with Crippen molar-refractivity contribution in [1.29, 1.82) is 0 Å². The molecule has 0 atom stereocenters. The quantitative estimate of drug-likeness (QED) is 0.857. The molecule has 1 aliphatic heterocycles. The molecule has 1 aromatic rings. The Balaban J connectivity index is 2.01. The van der Waals surface area contributed by atoms with Gasteiger partial charge in [-0.1, -0.05) is 0 Å². The normalized spacial score (nSPS) is 16.7. The standard InChI is InChI=1S/C14H22N4O/c1-11-3-4-13(12(2)16-11)14(19)18-9-7-17(6-5-15)8-10-18/h3-4H,5-10,15H2,1-2H3. The van der Waals surface area contributed by atoms with E-state index >= 15 is 0 Å². The van der Waals surface area contributed by atoms with Gasteiger partial charge in [0.05, 0.1) is 11.3 Å². The Bertz CT molecular complexity index is 453. The number of carbonyl (C=O) groups is 1. The third-order valence-electron chi connectivity index (χ3n) is 3.56. The van der Waals surface area contributed by atoms with Crippen LogP contribution >= 0.6 is 0 Å². The van der Waals surface area contributed by atoms with Crippen molar-refractivity contribution in [3.8, 4) is 0 Å². The van der Waals surface area contributed by atoms with E-state index in [1.165, 1.54) is 0 Å². The van der Waals surface area contributed by atoms with Gasteiger partial charge in [-0.05, 0) is 26.0 Å². The van der Waals surface area contributed by atoms with Gasteiger partial charge >= 0.3 is 0 Å². The Morgan fingerprint density at radius 1 is 1.26 bits per heavy atom. The summed E-state index contributed by atoms with van der Waals surface area (Å²) in [4.78, 5) is 21.0. The molecule has 1 aromatic heterocycles. The summed E-state index contributed by atoms with van der Waals surface area (Å²) >= 11 is 0. The Kier molecular flexibility index (Phi) is 4.50. The molecule has 0 bridgehead atoms. The van der Waals surface area contributed by atoms with Gasteiger partial charge in [0.15, 0.2) is 0 Å². The number of aromatic nitrogens is 1. The van der Waals surface area contributed by atoms with E-state index in [2.05, 4.69) is 9.88 Å². The minimum Gasteiger partial charge on any atom is -0.336 e. The van der Waals surface area contributed by atoms with E-state index in [0.29, 0.717) is 6.54 Å². The topological polar surface area (TPSA) is 62.5 Å². The predicted octanol–water partition coefficient (Wildman–Crippen LogP) is 0.415. The van der Waals surface area contributed by atoms with Crippen molar-refractivity contribution in [3.63, 3.8) is 0 Å². The summed E-state index contributed by atoms with van der Waals surface area (Å²) < 4.78 is 0. The molecule has 1 saturated heterocycles. The largest absolute Gasteiger partial charge is 0.336 e. The molecule has 1 fully saturated rings. The van der Waals surface area contributed by atoms with Crippen LogP contribution in [0.4, 0.5) is 0 Å². The van der Waals surface area contributed by atoms with Gasteiger partial charge in [0.1, 0.15) is 0 Å². The zero-order valence-electron chi connectivity index (χ0n) is 11.7. The fraction of sp³-hybridized carbons (Fsp3) is 0.571. The number of nitrogens with zero attached hydrogens (tertiary/aromatic N) is 3. The summed E-state index contributed by atoms with van der Waals surface area (Å²) in [5.74, 6) is 0.0948. The van der Waals surface area contributed by atoms with Gasteiger partial charge in [-0.3, -0.25) is 14.7 Å². The van der Waals surface area contributed by atoms with Crippen LogP contribution in [0.3, 0.4) is 0 Å². The molecule has 0 spiro atoms. The van der Waals surface area contributed by atoms with Crippen molar-refractivity contribution in [2.45, 2.75) is 13.8 Å². The average Bonchev–Trinajstić information content (AvgIpc) is 2.39. The third kappa shape index (κ3) is 3.30. The van der Waals surface area contributed by atoms with Crippen molar-refractivity contribution in [2.24, 2.45) is 5.73 Å². The molecule has 0 radical (unpaired) electrons. The first kappa shape index (κ1) is 14.0. The molecule has 0 unspecified atom stereocenters. The van der Waals surface area contributed by atoms with Crippen molar-refractivity contribution >= 4 is 5.91 Å². The Labute approximate surface area is 114 Å². The number of rotatable bonds is 3. The maximum absolute atomic E-state index is 12.4. The highest BCUT2D eigenvalue weighted by molar-refractivity contribution is 5.95. The Hall–Kier alpha value is -1.46. The molecular formula is C14H22N4O. The van der Waals surface area contributed by atoms with Gasteiger partial charge in [-0.25, -0.2) is 0 Å². The van der Waals surface area contributed by atoms with E-state index < -0.39 is 0 Å². The monoisotopic (exact) mass is 262 g/mol. The lowest BCUT2D eigenvalue weighted by atomic mass is 10.1. The Morgan fingerprint density at radius 3 is 2.53 bits per heavy atom. The van der Waals surface area contributed by atoms with Crippen molar-refractivity contribution in [1.82, 2.24) is 14.8 Å². The van der Waals surface area contributed by atoms with Gasteiger partial charge < -0.3 is 10.6 Å². The first-order valence-corrected chi connectivity index (χ1v) is 6.78. The van der Waals surface area contributed by atoms with Crippen LogP contribution < -0.4 is 5.73 Å². The van der Waals surface area contributed by atoms with E-state index in [1.807, 2.05) is 30.9 Å². The highest BCUT2D eigenvalue weighted by Gasteiger charge is 2.22. The van der Waals surface area contributed by atoms with Crippen LogP contribution in [0.25, 0.3) is 0 Å². The number of carbonyl (C=O) groups excluding carboxylic acids is 1. The maximum atomic E-state index is 12.4. The first-order chi connectivity index (χ1) is 9.11. The molecule has 0 aromatic carbocycles. The molecule has 2 heterocycles. The second-order valence-electron chi connectivity index (χ2n) is 5.01. The van der Waals surface area contributed by atoms with Crippen molar-refractivity contribution in [3.05, 3.63) is 29.1 Å². The first-order valence-electron chi connectivity index (χ1n) is 6.78. The molecule has 2 N–H and O–H groups in total. The number of amides is 1. The van der Waals surface area contributed by atoms with Crippen LogP contribution in [0.15, 0.2) is 12.1 Å². The average molecular weight is 262 g/mol. The number of piperazine rings is 1. The van der Waals surface area contributed by atoms with Crippen molar-refractivity contribution in [2.75, 3.05) is 39.3 Å². The lowest BCUT2D eigenvalue weighted by molar-refractivity contribution is 0.0640. The maximum Gasteiger partial charge on any atom is 0.255 e. The highest BCUT2D eigenvalue weighted by Crippen LogP contribution is 2.12. The SMILES string of the molecule is Cc1ccc(C(=O)N2CCN(CCN)CC2)c(C)n1. The van der Waals surface area contributed by atoms with Crippen LogP contribution in [-0.4, -0.2) is 60.0 Å². The van der Waals surface area contributed by atoms with Gasteiger partial charge in [-0.2, -0.15) is 0 Å². The summed E-state index contributed by atoms with van der Waals surface area (Å²) in [5, 5.41) is 0. The molecule has 2 rings (SSSR count). The zero-order valence-corrected chi connectivity index (χ0v) is 11.7. The molecular weight excluding hydrogens is 240 g/mol. The van der Waals surface area contributed by atoms with Crippen LogP contribution in [0, 0.1) is 13.8 Å². The number of hydrogen-bond donors (Lipinski definition) is 1. The minimum absolute atomic E-state index is 0.0948. The summed E-state index contributed by atoms with van der Waals surface area (Å²) in [6.45, 7) is 8.76. The van der Waals surface area contributed by atoms with Gasteiger partial charge in [0.2, 0.25) is 0 Å². The molecule has 19 heavy (non-hydrogen) atoms. The molecule has 104 valence electrons. The van der Waals surface area contributed by atoms with Gasteiger partial charge in [0, 0.05) is 45.0 Å². The summed E-state index contributed by atoms with van der Waals surface area (Å²) in [5.41, 5.74) is 8.03. The van der Waals surface area contributed by atoms with Gasteiger partial charge in [0.25, 0.3) is 5.91 Å². The number of nitrogens with two attached hydrogens (primary N) is 1. The summed E-state index contributed by atoms with van der Waals surface area (Å²) in [6.07, 6.45) is 0. The molecule has 0 aliphatic carbocycles. The van der Waals surface area contributed by atoms with Crippen LogP contribution in [-0.2, 0) is 0 Å². The van der Waals surface area contributed by atoms with E-state index in [1.54, 1.807) is 0 Å². The second-order valence-corrected chi connectivity index (χ2v) is 5.01. The molecule has 1 amide bonds. The third-order valence-corrected chi connectivity index (χ3v) is 3.56. The lowest BCUT2D eigenvalue weighted by Crippen LogP contribution is -2.49. The minimum atomic E-state index is 0.0948. The predicted molar refractivity (Wildman–Crippen MR) is 75.1 cm³/mol. The summed E-state index contributed by atoms with van der Waals surface area (Å²) in [7, 11) is 0. The fourth-order valence-corrected chi connectivity index (χ4v) is 2.44. The van der Waals surface area contributed by atoms with E-state index in [-0.39, 0.29) is 5.91 Å². The molecule has 1 aliphatic rings. The number of hydrogen-bond acceptors (Lipinski definition) is 4. The summed E-state index contributed by atoms with van der Waals surface area (Å²) in [6, 6.07) is 3.77. The highest BCUT2D eigenvalue weighted by atomic mass is 16.2. The lowest BCUT2D eigenvalue weighted by Gasteiger charge is -2.34. The van der Waals surface area contributed by atoms with Crippen LogP contribution in [0.5, 0.6) is 0 Å². The van der Waals surface area contributed by atoms with Crippen LogP contribution in [0.1, 0.15) is 21.7 Å². The second kappa shape index (κ2) is 6.12. The fourth-order valence-electron chi connectivity index (χ4n) is 2.44. The van der Waals surface area contributed by atoms with E-state index in [4.69, 9.17) is 5.73 Å². The number of pyridine rings is 1.